The van der Waals surface area contributed by atoms with Gasteiger partial charge in [-0.3, -0.25) is 0 Å². The third-order valence-corrected chi connectivity index (χ3v) is 4.94. The quantitative estimate of drug-likeness (QED) is 0.613. The van der Waals surface area contributed by atoms with Gasteiger partial charge in [-0.15, -0.1) is 6.58 Å². The molecule has 0 aliphatic carbocycles. The normalized spacial score (nSPS) is 11.2. The monoisotopic (exact) mass is 180 g/mol. The molecule has 0 atom stereocenters. The molecule has 1 aromatic rings. The average molecular weight is 180 g/mol. The summed E-state index contributed by atoms with van der Waals surface area (Å²) in [4.78, 5) is 0. The number of hydrogen-bond acceptors (Lipinski definition) is 0. The summed E-state index contributed by atoms with van der Waals surface area (Å²) < 4.78 is 12.6. The van der Waals surface area contributed by atoms with Gasteiger partial charge in [-0.1, -0.05) is 36.1 Å². The van der Waals surface area contributed by atoms with E-state index in [1.165, 1.54) is 17.3 Å². The van der Waals surface area contributed by atoms with E-state index in [0.717, 1.165) is 0 Å². The van der Waals surface area contributed by atoms with Crippen molar-refractivity contribution in [3.8, 4) is 0 Å². The lowest BCUT2D eigenvalue weighted by Gasteiger charge is -2.17. The first-order chi connectivity index (χ1) is 5.56. The van der Waals surface area contributed by atoms with Crippen molar-refractivity contribution in [3.05, 3.63) is 42.4 Å². The van der Waals surface area contributed by atoms with Crippen LogP contribution in [0.5, 0.6) is 0 Å². The number of halogens is 1. The zero-order chi connectivity index (χ0) is 9.19. The van der Waals surface area contributed by atoms with Gasteiger partial charge in [-0.25, -0.2) is 4.39 Å². The Labute approximate surface area is 73.7 Å². The maximum absolute atomic E-state index is 12.6. The highest BCUT2D eigenvalue weighted by Crippen LogP contribution is 2.04. The molecule has 2 heteroatoms. The van der Waals surface area contributed by atoms with Crippen LogP contribution in [0.25, 0.3) is 0 Å². The molecular formula is C10H13FSi. The van der Waals surface area contributed by atoms with Crippen molar-refractivity contribution in [2.45, 2.75) is 13.1 Å². The van der Waals surface area contributed by atoms with Crippen LogP contribution in [0.2, 0.25) is 13.1 Å². The molecule has 0 unspecified atom stereocenters. The molecule has 0 N–H and O–H groups in total. The molecule has 0 aliphatic heterocycles. The van der Waals surface area contributed by atoms with Crippen LogP contribution in [0.15, 0.2) is 36.5 Å². The van der Waals surface area contributed by atoms with Crippen LogP contribution in [-0.4, -0.2) is 8.07 Å². The second-order valence-electron chi connectivity index (χ2n) is 3.43. The summed E-state index contributed by atoms with van der Waals surface area (Å²) in [5.41, 5.74) is 2.00. The van der Waals surface area contributed by atoms with Crippen LogP contribution in [0.3, 0.4) is 0 Å². The summed E-state index contributed by atoms with van der Waals surface area (Å²) in [6, 6.07) is 6.72. The van der Waals surface area contributed by atoms with Crippen LogP contribution in [-0.2, 0) is 0 Å². The molecule has 0 fully saturated rings. The maximum atomic E-state index is 12.6. The zero-order valence-corrected chi connectivity index (χ0v) is 8.47. The van der Waals surface area contributed by atoms with Crippen molar-refractivity contribution in [2.24, 2.45) is 0 Å². The third kappa shape index (κ3) is 1.83. The largest absolute Gasteiger partial charge is 0.207 e. The molecule has 0 aromatic heterocycles. The summed E-state index contributed by atoms with van der Waals surface area (Å²) in [6.07, 6.45) is 0. The van der Waals surface area contributed by atoms with E-state index in [1.807, 2.05) is 17.8 Å². The van der Waals surface area contributed by atoms with Gasteiger partial charge in [0.1, 0.15) is 13.9 Å². The Hall–Kier alpha value is -0.893. The molecule has 0 spiro atoms. The van der Waals surface area contributed by atoms with E-state index in [9.17, 15) is 4.39 Å². The SMILES string of the molecule is C=C[Si](C)(C)c1ccc(F)cc1. The lowest BCUT2D eigenvalue weighted by Crippen LogP contribution is -2.39. The first-order valence-electron chi connectivity index (χ1n) is 3.96. The Kier molecular flexibility index (Phi) is 2.48. The lowest BCUT2D eigenvalue weighted by molar-refractivity contribution is 0.628. The standard InChI is InChI=1S/C10H13FSi/c1-4-12(2,3)10-7-5-9(11)6-8-10/h4-8H,1H2,2-3H3. The highest BCUT2D eigenvalue weighted by atomic mass is 28.3. The van der Waals surface area contributed by atoms with Gasteiger partial charge in [0, 0.05) is 0 Å². The van der Waals surface area contributed by atoms with Gasteiger partial charge in [0.25, 0.3) is 0 Å². The van der Waals surface area contributed by atoms with E-state index in [2.05, 4.69) is 19.7 Å². The van der Waals surface area contributed by atoms with E-state index in [4.69, 9.17) is 0 Å². The topological polar surface area (TPSA) is 0 Å². The highest BCUT2D eigenvalue weighted by molar-refractivity contribution is 6.93. The average Bonchev–Trinajstić information content (AvgIpc) is 2.05. The van der Waals surface area contributed by atoms with E-state index in [0.29, 0.717) is 0 Å². The van der Waals surface area contributed by atoms with Gasteiger partial charge in [-0.05, 0) is 12.1 Å². The van der Waals surface area contributed by atoms with Gasteiger partial charge >= 0.3 is 0 Å². The number of hydrogen-bond donors (Lipinski definition) is 0. The van der Waals surface area contributed by atoms with Gasteiger partial charge in [0.2, 0.25) is 0 Å². The first kappa shape index (κ1) is 9.20. The Morgan fingerprint density at radius 3 is 2.17 bits per heavy atom. The molecule has 0 saturated heterocycles. The van der Waals surface area contributed by atoms with E-state index in [-0.39, 0.29) is 5.82 Å². The number of benzene rings is 1. The molecule has 0 amide bonds. The fourth-order valence-electron chi connectivity index (χ4n) is 0.997. The molecular weight excluding hydrogens is 167 g/mol. The Balaban J connectivity index is 3.04. The molecule has 12 heavy (non-hydrogen) atoms. The summed E-state index contributed by atoms with van der Waals surface area (Å²) in [5.74, 6) is -0.174. The molecule has 0 heterocycles. The van der Waals surface area contributed by atoms with Crippen LogP contribution in [0.1, 0.15) is 0 Å². The molecule has 1 rings (SSSR count). The molecule has 1 aromatic carbocycles. The van der Waals surface area contributed by atoms with Crippen molar-refractivity contribution >= 4 is 13.3 Å². The molecule has 0 saturated carbocycles. The molecule has 0 bridgehead atoms. The fraction of sp³-hybridized carbons (Fsp3) is 0.200. The summed E-state index contributed by atoms with van der Waals surface area (Å²) in [7, 11) is -1.48. The smallest absolute Gasteiger partial charge is 0.123 e. The fourth-order valence-corrected chi connectivity index (χ4v) is 2.26. The Bertz CT molecular complexity index is 274. The maximum Gasteiger partial charge on any atom is 0.123 e. The van der Waals surface area contributed by atoms with Crippen LogP contribution in [0.4, 0.5) is 4.39 Å². The Morgan fingerprint density at radius 2 is 1.75 bits per heavy atom. The van der Waals surface area contributed by atoms with E-state index in [1.54, 1.807) is 0 Å². The van der Waals surface area contributed by atoms with Crippen molar-refractivity contribution in [2.75, 3.05) is 0 Å². The van der Waals surface area contributed by atoms with Gasteiger partial charge < -0.3 is 0 Å². The molecule has 0 aliphatic rings. The van der Waals surface area contributed by atoms with Gasteiger partial charge in [-0.2, -0.15) is 0 Å². The van der Waals surface area contributed by atoms with E-state index < -0.39 is 8.07 Å². The minimum atomic E-state index is -1.48. The molecule has 0 radical (unpaired) electrons. The van der Waals surface area contributed by atoms with Gasteiger partial charge in [0.05, 0.1) is 0 Å². The summed E-state index contributed by atoms with van der Waals surface area (Å²) >= 11 is 0. The zero-order valence-electron chi connectivity index (χ0n) is 7.47. The third-order valence-electron chi connectivity index (χ3n) is 2.10. The number of rotatable bonds is 2. The van der Waals surface area contributed by atoms with Crippen LogP contribution in [0, 0.1) is 5.82 Å². The minimum absolute atomic E-state index is 0.174. The van der Waals surface area contributed by atoms with Crippen molar-refractivity contribution in [1.29, 1.82) is 0 Å². The van der Waals surface area contributed by atoms with Crippen molar-refractivity contribution in [1.82, 2.24) is 0 Å². The Morgan fingerprint density at radius 1 is 1.25 bits per heavy atom. The minimum Gasteiger partial charge on any atom is -0.207 e. The summed E-state index contributed by atoms with van der Waals surface area (Å²) in [5, 5.41) is 1.22. The van der Waals surface area contributed by atoms with E-state index >= 15 is 0 Å². The summed E-state index contributed by atoms with van der Waals surface area (Å²) in [6.45, 7) is 8.17. The molecule has 64 valence electrons. The van der Waals surface area contributed by atoms with Crippen molar-refractivity contribution in [3.63, 3.8) is 0 Å². The predicted octanol–water partition coefficient (Wildman–Crippen LogP) is 2.47. The second-order valence-corrected chi connectivity index (χ2v) is 7.86. The predicted molar refractivity (Wildman–Crippen MR) is 53.7 cm³/mol. The van der Waals surface area contributed by atoms with Crippen LogP contribution < -0.4 is 5.19 Å². The van der Waals surface area contributed by atoms with Gasteiger partial charge in [0.15, 0.2) is 0 Å². The lowest BCUT2D eigenvalue weighted by atomic mass is 10.3. The van der Waals surface area contributed by atoms with Crippen molar-refractivity contribution < 1.29 is 4.39 Å². The van der Waals surface area contributed by atoms with Crippen LogP contribution >= 0.6 is 0 Å². The highest BCUT2D eigenvalue weighted by Gasteiger charge is 2.18. The molecule has 0 nitrogen and oxygen atoms in total. The first-order valence-corrected chi connectivity index (χ1v) is 7.03. The second kappa shape index (κ2) is 3.23.